The van der Waals surface area contributed by atoms with Crippen molar-refractivity contribution in [3.05, 3.63) is 35.9 Å². The predicted octanol–water partition coefficient (Wildman–Crippen LogP) is 0.335. The number of aliphatic carboxylic acids is 1. The minimum absolute atomic E-state index is 0.272. The SMILES string of the molecule is CCC(C)(NC(=O)c1ccccc1)C(=O)[O-]. The van der Waals surface area contributed by atoms with Gasteiger partial charge in [-0.3, -0.25) is 4.79 Å². The van der Waals surface area contributed by atoms with Crippen molar-refractivity contribution < 1.29 is 14.7 Å². The molecule has 4 nitrogen and oxygen atoms in total. The highest BCUT2D eigenvalue weighted by molar-refractivity contribution is 5.97. The molecule has 0 aliphatic carbocycles. The van der Waals surface area contributed by atoms with E-state index in [2.05, 4.69) is 5.32 Å². The Kier molecular flexibility index (Phi) is 3.66. The first-order valence-corrected chi connectivity index (χ1v) is 5.08. The van der Waals surface area contributed by atoms with Crippen LogP contribution in [0.2, 0.25) is 0 Å². The zero-order chi connectivity index (χ0) is 12.2. The van der Waals surface area contributed by atoms with Crippen molar-refractivity contribution in [1.82, 2.24) is 5.32 Å². The highest BCUT2D eigenvalue weighted by atomic mass is 16.4. The van der Waals surface area contributed by atoms with Crippen LogP contribution in [0.1, 0.15) is 30.6 Å². The lowest BCUT2D eigenvalue weighted by Crippen LogP contribution is -2.57. The van der Waals surface area contributed by atoms with Gasteiger partial charge in [-0.25, -0.2) is 0 Å². The molecule has 0 saturated carbocycles. The largest absolute Gasteiger partial charge is 0.548 e. The van der Waals surface area contributed by atoms with E-state index in [1.54, 1.807) is 37.3 Å². The number of carboxylic acid groups (broad SMARTS) is 1. The van der Waals surface area contributed by atoms with E-state index in [-0.39, 0.29) is 6.42 Å². The number of hydrogen-bond donors (Lipinski definition) is 1. The number of nitrogens with one attached hydrogen (secondary N) is 1. The van der Waals surface area contributed by atoms with Gasteiger partial charge in [0, 0.05) is 5.56 Å². The maximum atomic E-state index is 11.7. The Labute approximate surface area is 94.3 Å². The molecule has 0 aliphatic rings. The maximum absolute atomic E-state index is 11.7. The predicted molar refractivity (Wildman–Crippen MR) is 57.6 cm³/mol. The van der Waals surface area contributed by atoms with Crippen LogP contribution in [0.25, 0.3) is 0 Å². The van der Waals surface area contributed by atoms with Crippen molar-refractivity contribution in [3.8, 4) is 0 Å². The van der Waals surface area contributed by atoms with Gasteiger partial charge >= 0.3 is 0 Å². The monoisotopic (exact) mass is 220 g/mol. The summed E-state index contributed by atoms with van der Waals surface area (Å²) in [5, 5.41) is 13.4. The fourth-order valence-corrected chi connectivity index (χ4v) is 1.20. The summed E-state index contributed by atoms with van der Waals surface area (Å²) in [4.78, 5) is 22.6. The van der Waals surface area contributed by atoms with E-state index in [4.69, 9.17) is 0 Å². The fraction of sp³-hybridized carbons (Fsp3) is 0.333. The van der Waals surface area contributed by atoms with Gasteiger partial charge in [0.05, 0.1) is 11.5 Å². The van der Waals surface area contributed by atoms with Gasteiger partial charge in [-0.05, 0) is 25.5 Å². The first-order valence-electron chi connectivity index (χ1n) is 5.08. The standard InChI is InChI=1S/C12H15NO3/c1-3-12(2,11(15)16)13-10(14)9-7-5-4-6-8-9/h4-8H,3H2,1-2H3,(H,13,14)(H,15,16)/p-1. The van der Waals surface area contributed by atoms with Crippen molar-refractivity contribution in [2.24, 2.45) is 0 Å². The first-order chi connectivity index (χ1) is 7.49. The average molecular weight is 220 g/mol. The van der Waals surface area contributed by atoms with E-state index in [0.29, 0.717) is 5.56 Å². The van der Waals surface area contributed by atoms with Crippen LogP contribution in [0.3, 0.4) is 0 Å². The maximum Gasteiger partial charge on any atom is 0.252 e. The van der Waals surface area contributed by atoms with Gasteiger partial charge in [0.1, 0.15) is 0 Å². The van der Waals surface area contributed by atoms with Crippen LogP contribution < -0.4 is 10.4 Å². The van der Waals surface area contributed by atoms with Crippen LogP contribution in [0, 0.1) is 0 Å². The van der Waals surface area contributed by atoms with Crippen LogP contribution in [0.15, 0.2) is 30.3 Å². The summed E-state index contributed by atoms with van der Waals surface area (Å²) in [6.45, 7) is 3.12. The fourth-order valence-electron chi connectivity index (χ4n) is 1.20. The molecule has 1 atom stereocenters. The first kappa shape index (κ1) is 12.2. The van der Waals surface area contributed by atoms with Gasteiger partial charge in [-0.2, -0.15) is 0 Å². The van der Waals surface area contributed by atoms with Crippen molar-refractivity contribution in [2.75, 3.05) is 0 Å². The Morgan fingerprint density at radius 1 is 1.31 bits per heavy atom. The Morgan fingerprint density at radius 2 is 1.88 bits per heavy atom. The molecule has 0 heterocycles. The van der Waals surface area contributed by atoms with E-state index in [0.717, 1.165) is 0 Å². The molecule has 0 aliphatic heterocycles. The van der Waals surface area contributed by atoms with Gasteiger partial charge in [0.15, 0.2) is 0 Å². The summed E-state index contributed by atoms with van der Waals surface area (Å²) in [6, 6.07) is 8.48. The van der Waals surface area contributed by atoms with Gasteiger partial charge in [0.2, 0.25) is 0 Å². The molecule has 0 fully saturated rings. The Bertz CT molecular complexity index is 389. The summed E-state index contributed by atoms with van der Waals surface area (Å²) < 4.78 is 0. The van der Waals surface area contributed by atoms with Crippen LogP contribution in [-0.4, -0.2) is 17.4 Å². The van der Waals surface area contributed by atoms with E-state index in [1.165, 1.54) is 6.92 Å². The lowest BCUT2D eigenvalue weighted by Gasteiger charge is -2.30. The molecule has 1 aromatic carbocycles. The summed E-state index contributed by atoms with van der Waals surface area (Å²) in [5.41, 5.74) is -0.893. The zero-order valence-electron chi connectivity index (χ0n) is 9.32. The Morgan fingerprint density at radius 3 is 2.31 bits per heavy atom. The van der Waals surface area contributed by atoms with E-state index >= 15 is 0 Å². The number of rotatable bonds is 4. The summed E-state index contributed by atoms with van der Waals surface area (Å²) in [5.74, 6) is -1.69. The van der Waals surface area contributed by atoms with Gasteiger partial charge < -0.3 is 15.2 Å². The second-order valence-corrected chi connectivity index (χ2v) is 3.79. The molecule has 1 N–H and O–H groups in total. The van der Waals surface area contributed by atoms with Crippen molar-refractivity contribution >= 4 is 11.9 Å². The Balaban J connectivity index is 2.82. The second kappa shape index (κ2) is 4.79. The molecule has 16 heavy (non-hydrogen) atoms. The van der Waals surface area contributed by atoms with Crippen LogP contribution >= 0.6 is 0 Å². The molecule has 1 amide bonds. The number of carbonyl (C=O) groups excluding carboxylic acids is 2. The lowest BCUT2D eigenvalue weighted by molar-refractivity contribution is -0.313. The van der Waals surface area contributed by atoms with Crippen molar-refractivity contribution in [1.29, 1.82) is 0 Å². The molecule has 0 saturated heterocycles. The molecule has 0 aromatic heterocycles. The molecule has 4 heteroatoms. The van der Waals surface area contributed by atoms with Crippen LogP contribution in [-0.2, 0) is 4.79 Å². The minimum Gasteiger partial charge on any atom is -0.548 e. The number of carbonyl (C=O) groups is 2. The molecule has 0 spiro atoms. The number of amides is 1. The quantitative estimate of drug-likeness (QED) is 0.795. The third-order valence-electron chi connectivity index (χ3n) is 2.58. The van der Waals surface area contributed by atoms with E-state index < -0.39 is 17.4 Å². The van der Waals surface area contributed by atoms with Crippen molar-refractivity contribution in [3.63, 3.8) is 0 Å². The summed E-state index contributed by atoms with van der Waals surface area (Å²) in [6.07, 6.45) is 0.272. The number of benzene rings is 1. The van der Waals surface area contributed by atoms with Gasteiger partial charge in [-0.15, -0.1) is 0 Å². The molecule has 1 unspecified atom stereocenters. The Hall–Kier alpha value is -1.84. The summed E-state index contributed by atoms with van der Waals surface area (Å²) >= 11 is 0. The smallest absolute Gasteiger partial charge is 0.252 e. The zero-order valence-corrected chi connectivity index (χ0v) is 9.32. The van der Waals surface area contributed by atoms with Gasteiger partial charge in [0.25, 0.3) is 5.91 Å². The molecular formula is C12H14NO3-. The van der Waals surface area contributed by atoms with Crippen LogP contribution in [0.4, 0.5) is 0 Å². The molecule has 86 valence electrons. The van der Waals surface area contributed by atoms with Gasteiger partial charge in [-0.1, -0.05) is 25.1 Å². The third-order valence-corrected chi connectivity index (χ3v) is 2.58. The molecule has 1 rings (SSSR count). The van der Waals surface area contributed by atoms with E-state index in [9.17, 15) is 14.7 Å². The number of hydrogen-bond acceptors (Lipinski definition) is 3. The normalized spacial score (nSPS) is 13.9. The summed E-state index contributed by atoms with van der Waals surface area (Å²) in [7, 11) is 0. The topological polar surface area (TPSA) is 69.2 Å². The van der Waals surface area contributed by atoms with Crippen LogP contribution in [0.5, 0.6) is 0 Å². The number of carboxylic acids is 1. The van der Waals surface area contributed by atoms with Crippen molar-refractivity contribution in [2.45, 2.75) is 25.8 Å². The van der Waals surface area contributed by atoms with E-state index in [1.807, 2.05) is 0 Å². The highest BCUT2D eigenvalue weighted by Gasteiger charge is 2.26. The second-order valence-electron chi connectivity index (χ2n) is 3.79. The molecule has 1 aromatic rings. The average Bonchev–Trinajstić information content (AvgIpc) is 2.29. The molecule has 0 radical (unpaired) electrons. The third kappa shape index (κ3) is 2.59. The minimum atomic E-state index is -1.33. The highest BCUT2D eigenvalue weighted by Crippen LogP contribution is 2.09. The lowest BCUT2D eigenvalue weighted by atomic mass is 9.98. The molecule has 0 bridgehead atoms. The molecular weight excluding hydrogens is 206 g/mol.